The van der Waals surface area contributed by atoms with Gasteiger partial charge >= 0.3 is 0 Å². The molecule has 1 heterocycles. The number of nitrogens with zero attached hydrogens (tertiary/aromatic N) is 1. The van der Waals surface area contributed by atoms with Gasteiger partial charge in [0.1, 0.15) is 0 Å². The Labute approximate surface area is 101 Å². The molecule has 0 atom stereocenters. The lowest BCUT2D eigenvalue weighted by atomic mass is 10.2. The third-order valence-corrected chi connectivity index (χ3v) is 3.12. The number of aromatic nitrogens is 1. The monoisotopic (exact) mass is 257 g/mol. The fraction of sp³-hybridized carbons (Fsp3) is 0.111. The van der Waals surface area contributed by atoms with Gasteiger partial charge in [0.25, 0.3) is 0 Å². The van der Waals surface area contributed by atoms with Gasteiger partial charge in [-0.3, -0.25) is 0 Å². The third kappa shape index (κ3) is 2.19. The van der Waals surface area contributed by atoms with Crippen LogP contribution in [-0.4, -0.2) is 10.1 Å². The smallest absolute Gasteiger partial charge is 0.190 e. The highest BCUT2D eigenvalue weighted by Gasteiger charge is 2.07. The molecule has 2 aromatic rings. The quantitative estimate of drug-likeness (QED) is 0.772. The summed E-state index contributed by atoms with van der Waals surface area (Å²) in [4.78, 5) is 4.37. The summed E-state index contributed by atoms with van der Waals surface area (Å²) in [6, 6.07) is 3.76. The molecule has 3 N–H and O–H groups in total. The zero-order valence-corrected chi connectivity index (χ0v) is 10.3. The minimum atomic E-state index is 0.220. The summed E-state index contributed by atoms with van der Waals surface area (Å²) in [5.74, 6) is 0. The lowest BCUT2D eigenvalue weighted by Gasteiger charge is -1.95. The molecule has 0 radical (unpaired) electrons. The van der Waals surface area contributed by atoms with Crippen LogP contribution in [0.2, 0.25) is 5.02 Å². The number of rotatable bonds is 1. The average molecular weight is 258 g/mol. The number of benzene rings is 1. The highest BCUT2D eigenvalue weighted by Crippen LogP contribution is 2.30. The number of fused-ring (bicyclic) bond motifs is 1. The van der Waals surface area contributed by atoms with E-state index in [-0.39, 0.29) is 5.11 Å². The second-order valence-corrected chi connectivity index (χ2v) is 4.98. The Bertz CT molecular complexity index is 535. The summed E-state index contributed by atoms with van der Waals surface area (Å²) in [5.41, 5.74) is 7.35. The van der Waals surface area contributed by atoms with Crippen molar-refractivity contribution in [2.75, 3.05) is 5.32 Å². The van der Waals surface area contributed by atoms with E-state index in [2.05, 4.69) is 10.3 Å². The van der Waals surface area contributed by atoms with Crippen molar-refractivity contribution in [3.63, 3.8) is 0 Å². The molecule has 15 heavy (non-hydrogen) atoms. The molecule has 2 rings (SSSR count). The topological polar surface area (TPSA) is 50.9 Å². The Morgan fingerprint density at radius 2 is 2.33 bits per heavy atom. The maximum Gasteiger partial charge on any atom is 0.190 e. The summed E-state index contributed by atoms with van der Waals surface area (Å²) in [6.45, 7) is 1.97. The van der Waals surface area contributed by atoms with Gasteiger partial charge in [0, 0.05) is 5.02 Å². The molecule has 78 valence electrons. The molecule has 0 aliphatic rings. The van der Waals surface area contributed by atoms with E-state index >= 15 is 0 Å². The molecular formula is C9H8ClN3S2. The highest BCUT2D eigenvalue weighted by molar-refractivity contribution is 7.80. The van der Waals surface area contributed by atoms with E-state index < -0.39 is 0 Å². The van der Waals surface area contributed by atoms with Gasteiger partial charge in [-0.05, 0) is 36.8 Å². The Balaban J connectivity index is 2.55. The van der Waals surface area contributed by atoms with Gasteiger partial charge in [0.2, 0.25) is 0 Å². The SMILES string of the molecule is Cc1cc(Cl)cc2sc(NC(N)=S)nc12. The third-order valence-electron chi connectivity index (χ3n) is 1.88. The zero-order valence-electron chi connectivity index (χ0n) is 7.87. The normalized spacial score (nSPS) is 10.5. The van der Waals surface area contributed by atoms with Crippen molar-refractivity contribution in [3.05, 3.63) is 22.7 Å². The molecule has 3 nitrogen and oxygen atoms in total. The van der Waals surface area contributed by atoms with E-state index in [4.69, 9.17) is 29.6 Å². The number of aryl methyl sites for hydroxylation is 1. The minimum Gasteiger partial charge on any atom is -0.376 e. The van der Waals surface area contributed by atoms with Crippen molar-refractivity contribution < 1.29 is 0 Å². The number of thiazole rings is 1. The van der Waals surface area contributed by atoms with Crippen LogP contribution in [0.15, 0.2) is 12.1 Å². The minimum absolute atomic E-state index is 0.220. The average Bonchev–Trinajstić information content (AvgIpc) is 2.45. The fourth-order valence-electron chi connectivity index (χ4n) is 1.31. The second-order valence-electron chi connectivity index (χ2n) is 3.08. The van der Waals surface area contributed by atoms with Gasteiger partial charge in [-0.1, -0.05) is 22.9 Å². The van der Waals surface area contributed by atoms with Crippen molar-refractivity contribution in [1.82, 2.24) is 4.98 Å². The van der Waals surface area contributed by atoms with Gasteiger partial charge < -0.3 is 11.1 Å². The number of nitrogens with two attached hydrogens (primary N) is 1. The first-order valence-electron chi connectivity index (χ1n) is 4.19. The lowest BCUT2D eigenvalue weighted by Crippen LogP contribution is -2.18. The highest BCUT2D eigenvalue weighted by atomic mass is 35.5. The molecule has 6 heteroatoms. The van der Waals surface area contributed by atoms with E-state index in [0.29, 0.717) is 10.2 Å². The summed E-state index contributed by atoms with van der Waals surface area (Å²) in [6.07, 6.45) is 0. The number of hydrogen-bond donors (Lipinski definition) is 2. The van der Waals surface area contributed by atoms with E-state index in [9.17, 15) is 0 Å². The number of hydrogen-bond acceptors (Lipinski definition) is 3. The Kier molecular flexibility index (Phi) is 2.77. The molecule has 1 aromatic heterocycles. The van der Waals surface area contributed by atoms with E-state index in [0.717, 1.165) is 15.8 Å². The molecule has 1 aromatic carbocycles. The Morgan fingerprint density at radius 1 is 1.60 bits per heavy atom. The molecular weight excluding hydrogens is 250 g/mol. The van der Waals surface area contributed by atoms with Crippen LogP contribution in [0.4, 0.5) is 5.13 Å². The van der Waals surface area contributed by atoms with Crippen LogP contribution in [0.25, 0.3) is 10.2 Å². The summed E-state index contributed by atoms with van der Waals surface area (Å²) < 4.78 is 1.03. The van der Waals surface area contributed by atoms with Crippen LogP contribution in [0.3, 0.4) is 0 Å². The first-order chi connectivity index (χ1) is 7.06. The summed E-state index contributed by atoms with van der Waals surface area (Å²) in [5, 5.41) is 4.45. The van der Waals surface area contributed by atoms with Crippen LogP contribution in [0.1, 0.15) is 5.56 Å². The number of halogens is 1. The summed E-state index contributed by atoms with van der Waals surface area (Å²) in [7, 11) is 0. The van der Waals surface area contributed by atoms with Crippen molar-refractivity contribution >= 4 is 55.6 Å². The van der Waals surface area contributed by atoms with Crippen molar-refractivity contribution in [2.45, 2.75) is 6.92 Å². The predicted octanol–water partition coefficient (Wildman–Crippen LogP) is 2.91. The fourth-order valence-corrected chi connectivity index (χ4v) is 2.81. The van der Waals surface area contributed by atoms with Crippen LogP contribution in [0, 0.1) is 6.92 Å². The van der Waals surface area contributed by atoms with Gasteiger partial charge in [-0.15, -0.1) is 0 Å². The van der Waals surface area contributed by atoms with E-state index in [1.165, 1.54) is 11.3 Å². The molecule has 0 aliphatic carbocycles. The second kappa shape index (κ2) is 3.92. The van der Waals surface area contributed by atoms with Gasteiger partial charge in [-0.2, -0.15) is 0 Å². The van der Waals surface area contributed by atoms with Crippen LogP contribution >= 0.6 is 35.2 Å². The van der Waals surface area contributed by atoms with Gasteiger partial charge in [-0.25, -0.2) is 4.98 Å². The standard InChI is InChI=1S/C9H8ClN3S2/c1-4-2-5(10)3-6-7(4)12-9(15-6)13-8(11)14/h2-3H,1H3,(H3,11,12,13,14). The molecule has 0 fully saturated rings. The van der Waals surface area contributed by atoms with Crippen molar-refractivity contribution in [1.29, 1.82) is 0 Å². The zero-order chi connectivity index (χ0) is 11.0. The molecule has 0 bridgehead atoms. The van der Waals surface area contributed by atoms with E-state index in [1.807, 2.05) is 19.1 Å². The van der Waals surface area contributed by atoms with Gasteiger partial charge in [0.05, 0.1) is 10.2 Å². The molecule has 0 saturated heterocycles. The van der Waals surface area contributed by atoms with Crippen molar-refractivity contribution in [3.8, 4) is 0 Å². The molecule has 0 aliphatic heterocycles. The van der Waals surface area contributed by atoms with E-state index in [1.54, 1.807) is 0 Å². The number of thiocarbonyl (C=S) groups is 1. The van der Waals surface area contributed by atoms with Crippen LogP contribution < -0.4 is 11.1 Å². The van der Waals surface area contributed by atoms with Crippen LogP contribution in [-0.2, 0) is 0 Å². The molecule has 0 unspecified atom stereocenters. The maximum atomic E-state index is 5.95. The summed E-state index contributed by atoms with van der Waals surface area (Å²) >= 11 is 12.2. The lowest BCUT2D eigenvalue weighted by molar-refractivity contribution is 1.41. The number of anilines is 1. The molecule has 0 spiro atoms. The Morgan fingerprint density at radius 3 is 3.00 bits per heavy atom. The Hall–Kier alpha value is -0.910. The van der Waals surface area contributed by atoms with Gasteiger partial charge in [0.15, 0.2) is 10.2 Å². The molecule has 0 saturated carbocycles. The van der Waals surface area contributed by atoms with Crippen molar-refractivity contribution in [2.24, 2.45) is 5.73 Å². The predicted molar refractivity (Wildman–Crippen MR) is 69.8 cm³/mol. The molecule has 0 amide bonds. The first-order valence-corrected chi connectivity index (χ1v) is 5.79. The number of nitrogens with one attached hydrogen (secondary N) is 1. The van der Waals surface area contributed by atoms with Crippen LogP contribution in [0.5, 0.6) is 0 Å². The largest absolute Gasteiger partial charge is 0.376 e. The first kappa shape index (κ1) is 10.6. The maximum absolute atomic E-state index is 5.95.